The van der Waals surface area contributed by atoms with Crippen molar-refractivity contribution in [3.63, 3.8) is 0 Å². The minimum atomic E-state index is -0.321. The van der Waals surface area contributed by atoms with Gasteiger partial charge in [0.05, 0.1) is 5.41 Å². The van der Waals surface area contributed by atoms with Gasteiger partial charge in [-0.25, -0.2) is 0 Å². The maximum absolute atomic E-state index is 13.1. The summed E-state index contributed by atoms with van der Waals surface area (Å²) in [5.74, 6) is 1.79. The van der Waals surface area contributed by atoms with Gasteiger partial charge in [0.15, 0.2) is 6.61 Å². The predicted octanol–water partition coefficient (Wildman–Crippen LogP) is 4.98. The molecule has 4 bridgehead atoms. The van der Waals surface area contributed by atoms with Crippen LogP contribution < -0.4 is 0 Å². The van der Waals surface area contributed by atoms with Crippen LogP contribution in [0.5, 0.6) is 0 Å². The summed E-state index contributed by atoms with van der Waals surface area (Å²) in [5, 5.41) is 0. The maximum atomic E-state index is 13.1. The Morgan fingerprint density at radius 2 is 1.23 bits per heavy atom. The molecule has 0 aromatic heterocycles. The molecule has 4 fully saturated rings. The number of carbonyl (C=O) groups excluding carboxylic acids is 2. The molecule has 0 saturated heterocycles. The summed E-state index contributed by atoms with van der Waals surface area (Å²) in [6.07, 6.45) is 6.74. The molecular formula is C27H31NO3. The highest BCUT2D eigenvalue weighted by Gasteiger charge is 2.55. The van der Waals surface area contributed by atoms with Crippen LogP contribution in [0.2, 0.25) is 0 Å². The van der Waals surface area contributed by atoms with Crippen LogP contribution in [-0.2, 0) is 27.4 Å². The van der Waals surface area contributed by atoms with E-state index in [1.807, 2.05) is 60.7 Å². The molecule has 0 spiro atoms. The molecule has 0 heterocycles. The Bertz CT molecular complexity index is 847. The zero-order chi connectivity index (χ0) is 21.3. The van der Waals surface area contributed by atoms with Crippen LogP contribution in [-0.4, -0.2) is 23.4 Å². The summed E-state index contributed by atoms with van der Waals surface area (Å²) in [5.41, 5.74) is 1.82. The molecule has 2 aromatic carbocycles. The number of hydrogen-bond acceptors (Lipinski definition) is 3. The van der Waals surface area contributed by atoms with E-state index in [-0.39, 0.29) is 23.9 Å². The summed E-state index contributed by atoms with van der Waals surface area (Å²) in [4.78, 5) is 28.1. The van der Waals surface area contributed by atoms with Crippen LogP contribution in [0.15, 0.2) is 60.7 Å². The molecule has 4 saturated carbocycles. The summed E-state index contributed by atoms with van der Waals surface area (Å²) in [7, 11) is 0. The number of esters is 1. The Balaban J connectivity index is 1.25. The summed E-state index contributed by atoms with van der Waals surface area (Å²) < 4.78 is 5.71. The summed E-state index contributed by atoms with van der Waals surface area (Å²) in [6, 6.07) is 19.9. The van der Waals surface area contributed by atoms with Crippen molar-refractivity contribution in [2.45, 2.75) is 51.6 Å². The fraction of sp³-hybridized carbons (Fsp3) is 0.481. The molecule has 4 aliphatic rings. The zero-order valence-corrected chi connectivity index (χ0v) is 18.0. The van der Waals surface area contributed by atoms with Crippen molar-refractivity contribution in [3.8, 4) is 0 Å². The predicted molar refractivity (Wildman–Crippen MR) is 119 cm³/mol. The average Bonchev–Trinajstić information content (AvgIpc) is 2.77. The van der Waals surface area contributed by atoms with E-state index in [2.05, 4.69) is 0 Å². The lowest BCUT2D eigenvalue weighted by atomic mass is 9.49. The Hall–Kier alpha value is -2.62. The first-order chi connectivity index (χ1) is 15.1. The van der Waals surface area contributed by atoms with Gasteiger partial charge in [-0.2, -0.15) is 0 Å². The standard InChI is InChI=1S/C27H31NO3/c29-25(19-31-26(30)27-14-22-11-23(15-27)13-24(12-22)16-27)28(17-20-7-3-1-4-8-20)18-21-9-5-2-6-10-21/h1-10,22-24H,11-19H2. The molecule has 4 aliphatic carbocycles. The van der Waals surface area contributed by atoms with Crippen molar-refractivity contribution in [2.75, 3.05) is 6.61 Å². The number of ether oxygens (including phenoxy) is 1. The van der Waals surface area contributed by atoms with Crippen molar-refractivity contribution < 1.29 is 14.3 Å². The number of hydrogen-bond donors (Lipinski definition) is 0. The summed E-state index contributed by atoms with van der Waals surface area (Å²) >= 11 is 0. The highest BCUT2D eigenvalue weighted by molar-refractivity contribution is 5.83. The van der Waals surface area contributed by atoms with Gasteiger partial charge in [-0.1, -0.05) is 60.7 Å². The van der Waals surface area contributed by atoms with E-state index < -0.39 is 0 Å². The Labute approximate surface area is 184 Å². The van der Waals surface area contributed by atoms with Crippen LogP contribution in [0.3, 0.4) is 0 Å². The zero-order valence-electron chi connectivity index (χ0n) is 18.0. The molecule has 4 heteroatoms. The molecule has 162 valence electrons. The van der Waals surface area contributed by atoms with Crippen molar-refractivity contribution in [1.29, 1.82) is 0 Å². The SMILES string of the molecule is O=C(COC(=O)C12CC3CC(CC(C3)C1)C2)N(Cc1ccccc1)Cc1ccccc1. The lowest BCUT2D eigenvalue weighted by molar-refractivity contribution is -0.174. The molecule has 4 nitrogen and oxygen atoms in total. The van der Waals surface area contributed by atoms with Gasteiger partial charge in [0.1, 0.15) is 0 Å². The van der Waals surface area contributed by atoms with Crippen molar-refractivity contribution in [1.82, 2.24) is 4.90 Å². The number of amides is 1. The van der Waals surface area contributed by atoms with Crippen molar-refractivity contribution in [2.24, 2.45) is 23.2 Å². The molecule has 0 radical (unpaired) electrons. The van der Waals surface area contributed by atoms with Gasteiger partial charge in [-0.3, -0.25) is 9.59 Å². The first-order valence-corrected chi connectivity index (χ1v) is 11.6. The first-order valence-electron chi connectivity index (χ1n) is 11.6. The van der Waals surface area contributed by atoms with Gasteiger partial charge in [0.25, 0.3) is 5.91 Å². The lowest BCUT2D eigenvalue weighted by Gasteiger charge is -2.55. The van der Waals surface area contributed by atoms with Gasteiger partial charge in [-0.05, 0) is 67.4 Å². The quantitative estimate of drug-likeness (QED) is 0.597. The second kappa shape index (κ2) is 8.49. The van der Waals surface area contributed by atoms with Crippen LogP contribution in [0.4, 0.5) is 0 Å². The van der Waals surface area contributed by atoms with E-state index in [0.29, 0.717) is 30.8 Å². The Morgan fingerprint density at radius 1 is 0.774 bits per heavy atom. The van der Waals surface area contributed by atoms with Crippen LogP contribution in [0.1, 0.15) is 49.7 Å². The van der Waals surface area contributed by atoms with Crippen LogP contribution in [0, 0.1) is 23.2 Å². The summed E-state index contributed by atoms with van der Waals surface area (Å²) in [6.45, 7) is 0.840. The van der Waals surface area contributed by atoms with Crippen molar-refractivity contribution >= 4 is 11.9 Å². The third-order valence-electron chi connectivity index (χ3n) is 7.58. The molecular weight excluding hydrogens is 386 g/mol. The molecule has 0 N–H and O–H groups in total. The number of nitrogens with zero attached hydrogens (tertiary/aromatic N) is 1. The molecule has 0 atom stereocenters. The molecule has 1 amide bonds. The van der Waals surface area contributed by atoms with E-state index in [1.165, 1.54) is 19.3 Å². The second-order valence-electron chi connectivity index (χ2n) is 10.00. The average molecular weight is 418 g/mol. The Morgan fingerprint density at radius 3 is 1.68 bits per heavy atom. The van der Waals surface area contributed by atoms with E-state index in [0.717, 1.165) is 30.4 Å². The van der Waals surface area contributed by atoms with Crippen molar-refractivity contribution in [3.05, 3.63) is 71.8 Å². The highest BCUT2D eigenvalue weighted by Crippen LogP contribution is 2.60. The third kappa shape index (κ3) is 4.39. The first kappa shape index (κ1) is 20.3. The topological polar surface area (TPSA) is 46.6 Å². The van der Waals surface area contributed by atoms with Gasteiger partial charge >= 0.3 is 5.97 Å². The minimum absolute atomic E-state index is 0.126. The molecule has 0 aliphatic heterocycles. The number of carbonyl (C=O) groups is 2. The monoisotopic (exact) mass is 417 g/mol. The van der Waals surface area contributed by atoms with E-state index in [1.54, 1.807) is 4.90 Å². The molecule has 2 aromatic rings. The smallest absolute Gasteiger partial charge is 0.312 e. The fourth-order valence-electron chi connectivity index (χ4n) is 6.57. The van der Waals surface area contributed by atoms with Gasteiger partial charge < -0.3 is 9.64 Å². The highest BCUT2D eigenvalue weighted by atomic mass is 16.5. The molecule has 31 heavy (non-hydrogen) atoms. The minimum Gasteiger partial charge on any atom is -0.455 e. The van der Waals surface area contributed by atoms with E-state index in [4.69, 9.17) is 4.74 Å². The van der Waals surface area contributed by atoms with E-state index in [9.17, 15) is 9.59 Å². The molecule has 0 unspecified atom stereocenters. The fourth-order valence-corrected chi connectivity index (χ4v) is 6.57. The lowest BCUT2D eigenvalue weighted by Crippen LogP contribution is -2.51. The molecule has 6 rings (SSSR count). The van der Waals surface area contributed by atoms with Crippen LogP contribution in [0.25, 0.3) is 0 Å². The maximum Gasteiger partial charge on any atom is 0.312 e. The number of rotatable bonds is 7. The van der Waals surface area contributed by atoms with Crippen LogP contribution >= 0.6 is 0 Å². The third-order valence-corrected chi connectivity index (χ3v) is 7.58. The largest absolute Gasteiger partial charge is 0.455 e. The normalized spacial score (nSPS) is 28.3. The van der Waals surface area contributed by atoms with E-state index >= 15 is 0 Å². The Kier molecular flexibility index (Phi) is 5.56. The van der Waals surface area contributed by atoms with Gasteiger partial charge in [0, 0.05) is 13.1 Å². The second-order valence-corrected chi connectivity index (χ2v) is 10.00. The number of benzene rings is 2. The van der Waals surface area contributed by atoms with Gasteiger partial charge in [0.2, 0.25) is 0 Å². The van der Waals surface area contributed by atoms with Gasteiger partial charge in [-0.15, -0.1) is 0 Å².